The van der Waals surface area contributed by atoms with Crippen molar-refractivity contribution in [2.24, 2.45) is 0 Å². The van der Waals surface area contributed by atoms with Crippen molar-refractivity contribution in [3.63, 3.8) is 0 Å². The highest BCUT2D eigenvalue weighted by Crippen LogP contribution is 2.59. The van der Waals surface area contributed by atoms with Gasteiger partial charge in [0, 0.05) is 10.9 Å². The first-order valence-corrected chi connectivity index (χ1v) is 15.6. The fourth-order valence-corrected chi connectivity index (χ4v) is 6.25. The minimum atomic E-state index is -8.81. The zero-order valence-corrected chi connectivity index (χ0v) is 25.1. The maximum absolute atomic E-state index is 13.2. The van der Waals surface area contributed by atoms with Crippen molar-refractivity contribution in [2.45, 2.75) is 65.3 Å². The maximum atomic E-state index is 13.2. The lowest BCUT2D eigenvalue weighted by Crippen LogP contribution is -2.64. The summed E-state index contributed by atoms with van der Waals surface area (Å²) < 4.78 is 275. The Bertz CT molecular complexity index is 1370. The van der Waals surface area contributed by atoms with Crippen LogP contribution in [0.25, 0.3) is 4.13 Å². The van der Waals surface area contributed by atoms with Gasteiger partial charge in [0.1, 0.15) is 18.3 Å². The fraction of sp³-hybridized carbons (Fsp3) is 0.684. The van der Waals surface area contributed by atoms with Crippen molar-refractivity contribution in [1.29, 1.82) is 0 Å². The van der Waals surface area contributed by atoms with Gasteiger partial charge < -0.3 is 8.86 Å². The summed E-state index contributed by atoms with van der Waals surface area (Å²) in [5, 5.41) is -16.4. The molecule has 27 heteroatoms. The summed E-state index contributed by atoms with van der Waals surface area (Å²) in [6.07, 6.45) is -11.1. The fourth-order valence-electron chi connectivity index (χ4n) is 2.74. The number of hydrogen-bond donors (Lipinski definition) is 0. The molecule has 0 amide bonds. The Labute approximate surface area is 249 Å². The van der Waals surface area contributed by atoms with Crippen LogP contribution >= 0.6 is 0 Å². The molecule has 0 aliphatic carbocycles. The average molecular weight is 778 g/mol. The van der Waals surface area contributed by atoms with Crippen LogP contribution in [0.4, 0.5) is 79.0 Å². The van der Waals surface area contributed by atoms with E-state index in [0.29, 0.717) is 10.9 Å². The highest BCUT2D eigenvalue weighted by Gasteiger charge is 2.86. The zero-order valence-electron chi connectivity index (χ0n) is 22.7. The Kier molecular flexibility index (Phi) is 12.2. The molecular weight excluding hydrogens is 760 g/mol. The van der Waals surface area contributed by atoms with Gasteiger partial charge in [0.05, 0.1) is 7.11 Å². The summed E-state index contributed by atoms with van der Waals surface area (Å²) in [5.74, 6) is -31.9. The van der Waals surface area contributed by atoms with Gasteiger partial charge in [-0.2, -0.15) is 79.0 Å². The maximum Gasteiger partial charge on any atom is 0.460 e. The van der Waals surface area contributed by atoms with Crippen molar-refractivity contribution < 1.29 is 101 Å². The minimum Gasteiger partial charge on any atom is -0.496 e. The van der Waals surface area contributed by atoms with E-state index in [1.54, 1.807) is 7.11 Å². The van der Waals surface area contributed by atoms with E-state index in [2.05, 4.69) is 38.5 Å². The van der Waals surface area contributed by atoms with Gasteiger partial charge in [0.2, 0.25) is 0 Å². The van der Waals surface area contributed by atoms with Crippen molar-refractivity contribution in [3.05, 3.63) is 27.4 Å². The normalized spacial score (nSPS) is 15.0. The van der Waals surface area contributed by atoms with Crippen LogP contribution in [-0.2, 0) is 30.9 Å². The molecular formula is C19H17F18NO5S3. The monoisotopic (exact) mass is 777 g/mol. The van der Waals surface area contributed by atoms with Gasteiger partial charge in [-0.05, 0) is 37.1 Å². The van der Waals surface area contributed by atoms with Gasteiger partial charge in [-0.1, -0.05) is 0 Å². The molecule has 0 unspecified atom stereocenters. The Morgan fingerprint density at radius 3 is 1.02 bits per heavy atom. The summed E-state index contributed by atoms with van der Waals surface area (Å²) in [6.45, 7) is 4.20. The van der Waals surface area contributed by atoms with Gasteiger partial charge in [-0.15, -0.1) is 0 Å². The molecule has 0 heterocycles. The quantitative estimate of drug-likeness (QED) is 0.182. The lowest BCUT2D eigenvalue weighted by atomic mass is 10.1. The summed E-state index contributed by atoms with van der Waals surface area (Å²) in [4.78, 5) is 1.41. The number of alkyl halides is 18. The van der Waals surface area contributed by atoms with Crippen LogP contribution in [0.3, 0.4) is 0 Å². The molecule has 0 saturated heterocycles. The van der Waals surface area contributed by atoms with Gasteiger partial charge in [-0.25, -0.2) is 16.8 Å². The summed E-state index contributed by atoms with van der Waals surface area (Å²) in [7, 11) is -15.6. The second kappa shape index (κ2) is 12.8. The Hall–Kier alpha value is -2.03. The minimum absolute atomic E-state index is 0.109. The van der Waals surface area contributed by atoms with E-state index in [1.165, 1.54) is 16.0 Å². The lowest BCUT2D eigenvalue weighted by molar-refractivity contribution is -0.382. The van der Waals surface area contributed by atoms with E-state index in [-0.39, 0.29) is 4.13 Å². The molecule has 0 bridgehead atoms. The Balaban J connectivity index is 0.00000128. The molecule has 6 nitrogen and oxygen atoms in total. The molecule has 46 heavy (non-hydrogen) atoms. The lowest BCUT2D eigenvalue weighted by Gasteiger charge is -2.39. The number of ether oxygens (including phenoxy) is 1. The van der Waals surface area contributed by atoms with Crippen molar-refractivity contribution in [3.8, 4) is 5.75 Å². The van der Waals surface area contributed by atoms with Crippen LogP contribution < -0.4 is 4.74 Å². The highest BCUT2D eigenvalue weighted by molar-refractivity contribution is 8.13. The average Bonchev–Trinajstić information content (AvgIpc) is 2.81. The number of methoxy groups -OCH3 is 1. The van der Waals surface area contributed by atoms with E-state index < -0.39 is 66.6 Å². The van der Waals surface area contributed by atoms with E-state index in [0.717, 1.165) is 5.75 Å². The van der Waals surface area contributed by atoms with Gasteiger partial charge in [0.25, 0.3) is 0 Å². The molecule has 0 atom stereocenters. The molecule has 1 rings (SSSR count). The highest BCUT2D eigenvalue weighted by atomic mass is 32.3. The predicted molar refractivity (Wildman–Crippen MR) is 123 cm³/mol. The number of aryl methyl sites for hydroxylation is 2. The molecule has 1 aromatic carbocycles. The summed E-state index contributed by atoms with van der Waals surface area (Å²) in [5.41, 5.74) is 2.47. The largest absolute Gasteiger partial charge is 0.496 e. The van der Waals surface area contributed by atoms with Gasteiger partial charge in [0.15, 0.2) is 24.9 Å². The number of halogens is 18. The molecule has 0 saturated carbocycles. The standard InChI is InChI=1S/C11H17OS.C8F18NO4S2/c1-8-6-10(13(4)5)7-9(2)11(8)12-3;9-1(10,5(17,18)19)3(13,14)7(23,24)32(28,29)27-33(30,31)8(25,26)4(15,16)2(11,12)6(20,21)22/h6-7H,1-5H3;/q+1;-1. The van der Waals surface area contributed by atoms with Crippen LogP contribution in [0.2, 0.25) is 0 Å². The first-order chi connectivity index (χ1) is 19.8. The van der Waals surface area contributed by atoms with Gasteiger partial charge in [-0.3, -0.25) is 0 Å². The Morgan fingerprint density at radius 2 is 0.826 bits per heavy atom. The van der Waals surface area contributed by atoms with Crippen LogP contribution in [0.5, 0.6) is 5.75 Å². The molecule has 0 aliphatic rings. The second-order valence-electron chi connectivity index (χ2n) is 8.76. The van der Waals surface area contributed by atoms with E-state index in [4.69, 9.17) is 4.74 Å². The van der Waals surface area contributed by atoms with Crippen LogP contribution in [0, 0.1) is 13.8 Å². The first-order valence-electron chi connectivity index (χ1n) is 10.6. The van der Waals surface area contributed by atoms with Crippen LogP contribution in [0.1, 0.15) is 11.1 Å². The first kappa shape index (κ1) is 44.0. The third-order valence-corrected chi connectivity index (χ3v) is 9.74. The van der Waals surface area contributed by atoms with E-state index in [1.807, 2.05) is 0 Å². The smallest absolute Gasteiger partial charge is 0.460 e. The molecule has 0 radical (unpaired) electrons. The number of nitrogens with zero attached hydrogens (tertiary/aromatic N) is 1. The second-order valence-corrected chi connectivity index (χ2v) is 14.4. The Morgan fingerprint density at radius 1 is 0.565 bits per heavy atom. The molecule has 0 spiro atoms. The summed E-state index contributed by atoms with van der Waals surface area (Å²) in [6, 6.07) is 4.43. The van der Waals surface area contributed by atoms with Crippen LogP contribution in [0.15, 0.2) is 17.0 Å². The SMILES string of the molecule is COc1c(C)cc([S+](C)C)cc1C.O=S(=O)([N-]S(=O)(=O)C(F)(F)C(F)(F)C(F)(F)C(F)(F)F)C(F)(F)C(F)(F)C(F)(F)C(F)(F)F. The summed E-state index contributed by atoms with van der Waals surface area (Å²) >= 11 is 0. The third kappa shape index (κ3) is 7.34. The van der Waals surface area contributed by atoms with Gasteiger partial charge >= 0.3 is 46.6 Å². The topological polar surface area (TPSA) is 91.6 Å². The molecule has 0 N–H and O–H groups in total. The zero-order chi connectivity index (χ0) is 37.7. The van der Waals surface area contributed by atoms with Crippen LogP contribution in [-0.4, -0.2) is 83.0 Å². The van der Waals surface area contributed by atoms with Crippen molar-refractivity contribution >= 4 is 30.9 Å². The predicted octanol–water partition coefficient (Wildman–Crippen LogP) is 7.42. The number of hydrogen-bond acceptors (Lipinski definition) is 5. The number of sulfonamides is 2. The number of benzene rings is 1. The molecule has 1 aromatic rings. The van der Waals surface area contributed by atoms with E-state index >= 15 is 0 Å². The molecule has 272 valence electrons. The van der Waals surface area contributed by atoms with Crippen molar-refractivity contribution in [2.75, 3.05) is 19.6 Å². The molecule has 0 aliphatic heterocycles. The van der Waals surface area contributed by atoms with Crippen molar-refractivity contribution in [1.82, 2.24) is 0 Å². The molecule has 0 aromatic heterocycles. The molecule has 0 fully saturated rings. The third-order valence-electron chi connectivity index (χ3n) is 5.19. The number of rotatable bonds is 10. The van der Waals surface area contributed by atoms with E-state index in [9.17, 15) is 95.9 Å².